The lowest BCUT2D eigenvalue weighted by Gasteiger charge is -2.55. The Kier molecular flexibility index (Phi) is 5.82. The smallest absolute Gasteiger partial charge is 0.407 e. The minimum absolute atomic E-state index is 0.0487. The average molecular weight is 442 g/mol. The number of rotatable bonds is 4. The Morgan fingerprint density at radius 3 is 2.75 bits per heavy atom. The number of allylic oxidation sites excluding steroid dienone is 1. The van der Waals surface area contributed by atoms with Gasteiger partial charge in [0.15, 0.2) is 11.5 Å². The van der Waals surface area contributed by atoms with Crippen molar-refractivity contribution in [2.24, 2.45) is 23.2 Å². The minimum Gasteiger partial charge on any atom is -0.454 e. The van der Waals surface area contributed by atoms with Crippen molar-refractivity contribution in [2.45, 2.75) is 65.0 Å². The second-order valence-corrected chi connectivity index (χ2v) is 10.1. The van der Waals surface area contributed by atoms with E-state index in [1.54, 1.807) is 0 Å². The summed E-state index contributed by atoms with van der Waals surface area (Å²) in [7, 11) is 0. The number of alkyl carbamates (subject to hydrolysis) is 1. The van der Waals surface area contributed by atoms with E-state index in [1.165, 1.54) is 24.8 Å². The molecule has 5 rings (SSSR count). The van der Waals surface area contributed by atoms with Crippen LogP contribution in [-0.4, -0.2) is 32.1 Å². The van der Waals surface area contributed by atoms with E-state index in [2.05, 4.69) is 38.2 Å². The number of hydrogen-bond acceptors (Lipinski definition) is 5. The Hall–Kier alpha value is -2.21. The normalized spacial score (nSPS) is 34.0. The number of ether oxygens (including phenoxy) is 4. The molecule has 1 saturated carbocycles. The first-order valence-electron chi connectivity index (χ1n) is 12.1. The quantitative estimate of drug-likeness (QED) is 0.636. The van der Waals surface area contributed by atoms with Crippen molar-refractivity contribution in [1.82, 2.24) is 5.32 Å². The molecule has 1 aromatic rings. The van der Waals surface area contributed by atoms with E-state index in [1.807, 2.05) is 12.1 Å². The largest absolute Gasteiger partial charge is 0.454 e. The zero-order valence-electron chi connectivity index (χ0n) is 19.4. The van der Waals surface area contributed by atoms with Crippen molar-refractivity contribution < 1.29 is 23.7 Å². The Morgan fingerprint density at radius 1 is 1.16 bits per heavy atom. The van der Waals surface area contributed by atoms with Gasteiger partial charge < -0.3 is 24.3 Å². The maximum Gasteiger partial charge on any atom is 0.407 e. The van der Waals surface area contributed by atoms with Crippen molar-refractivity contribution >= 4 is 6.09 Å². The lowest BCUT2D eigenvalue weighted by Crippen LogP contribution is -2.55. The second kappa shape index (κ2) is 8.62. The molecule has 6 nitrogen and oxygen atoms in total. The molecular formula is C26H35NO5. The third kappa shape index (κ3) is 3.76. The van der Waals surface area contributed by atoms with Gasteiger partial charge in [-0.25, -0.2) is 4.79 Å². The number of carbonyl (C=O) groups is 1. The van der Waals surface area contributed by atoms with Crippen LogP contribution >= 0.6 is 0 Å². The van der Waals surface area contributed by atoms with Crippen LogP contribution in [0.3, 0.4) is 0 Å². The van der Waals surface area contributed by atoms with Gasteiger partial charge in [0.05, 0.1) is 12.7 Å². The summed E-state index contributed by atoms with van der Waals surface area (Å²) >= 11 is 0. The predicted molar refractivity (Wildman–Crippen MR) is 121 cm³/mol. The summed E-state index contributed by atoms with van der Waals surface area (Å²) < 4.78 is 23.5. The zero-order chi connectivity index (χ0) is 22.3. The van der Waals surface area contributed by atoms with Crippen LogP contribution in [0.1, 0.15) is 64.5 Å². The lowest BCUT2D eigenvalue weighted by molar-refractivity contribution is -0.165. The Balaban J connectivity index is 1.32. The lowest BCUT2D eigenvalue weighted by atomic mass is 9.56. The van der Waals surface area contributed by atoms with E-state index < -0.39 is 0 Å². The maximum atomic E-state index is 12.6. The Bertz CT molecular complexity index is 892. The summed E-state index contributed by atoms with van der Waals surface area (Å²) in [6.45, 7) is 7.93. The van der Waals surface area contributed by atoms with Crippen molar-refractivity contribution in [3.05, 3.63) is 35.4 Å². The summed E-state index contributed by atoms with van der Waals surface area (Å²) in [6.07, 6.45) is 7.76. The van der Waals surface area contributed by atoms with Crippen LogP contribution in [-0.2, 0) is 9.47 Å². The predicted octanol–water partition coefficient (Wildman–Crippen LogP) is 5.38. The molecule has 0 radical (unpaired) electrons. The van der Waals surface area contributed by atoms with Crippen LogP contribution in [0.4, 0.5) is 4.79 Å². The fourth-order valence-corrected chi connectivity index (χ4v) is 6.30. The number of carbonyl (C=O) groups excluding carboxylic acids is 1. The van der Waals surface area contributed by atoms with E-state index in [-0.39, 0.29) is 42.3 Å². The van der Waals surface area contributed by atoms with Gasteiger partial charge in [0.25, 0.3) is 0 Å². The molecule has 1 aromatic carbocycles. The van der Waals surface area contributed by atoms with E-state index in [0.29, 0.717) is 19.1 Å². The number of benzene rings is 1. The van der Waals surface area contributed by atoms with Gasteiger partial charge in [0, 0.05) is 17.4 Å². The zero-order valence-corrected chi connectivity index (χ0v) is 19.4. The molecule has 2 aliphatic carbocycles. The molecule has 5 atom stereocenters. The molecule has 1 saturated heterocycles. The molecule has 2 bridgehead atoms. The molecular weight excluding hydrogens is 406 g/mol. The van der Waals surface area contributed by atoms with Gasteiger partial charge in [-0.05, 0) is 49.3 Å². The summed E-state index contributed by atoms with van der Waals surface area (Å²) in [5, 5.41) is 3.08. The summed E-state index contributed by atoms with van der Waals surface area (Å²) in [6, 6.07) is 6.35. The van der Waals surface area contributed by atoms with Gasteiger partial charge in [-0.3, -0.25) is 0 Å². The fraction of sp³-hybridized carbons (Fsp3) is 0.654. The molecule has 4 aliphatic rings. The average Bonchev–Trinajstić information content (AvgIpc) is 3.25. The van der Waals surface area contributed by atoms with Gasteiger partial charge in [0.2, 0.25) is 6.79 Å². The molecule has 2 aliphatic heterocycles. The minimum atomic E-state index is -0.286. The third-order valence-corrected chi connectivity index (χ3v) is 8.37. The van der Waals surface area contributed by atoms with Crippen LogP contribution < -0.4 is 14.8 Å². The van der Waals surface area contributed by atoms with E-state index in [9.17, 15) is 4.79 Å². The SMILES string of the molecule is CC1=C[C@@H](C)[C@]2(COC(=O)NC3CCCCC3)CO[C@@H](c3ccc4c(c3)OCO4)[C@@H]1[C@H]2C. The molecule has 1 N–H and O–H groups in total. The molecule has 32 heavy (non-hydrogen) atoms. The van der Waals surface area contributed by atoms with Crippen molar-refractivity contribution in [3.63, 3.8) is 0 Å². The van der Waals surface area contributed by atoms with Crippen molar-refractivity contribution in [1.29, 1.82) is 0 Å². The highest BCUT2D eigenvalue weighted by Crippen LogP contribution is 2.56. The van der Waals surface area contributed by atoms with Gasteiger partial charge in [-0.2, -0.15) is 0 Å². The summed E-state index contributed by atoms with van der Waals surface area (Å²) in [4.78, 5) is 12.6. The first-order chi connectivity index (χ1) is 15.5. The van der Waals surface area contributed by atoms with E-state index in [0.717, 1.165) is 29.9 Å². The maximum absolute atomic E-state index is 12.6. The standard InChI is InChI=1S/C26H35NO5/c1-16-11-17(2)26(14-30-25(28)27-20-7-5-4-6-8-20)13-29-24(23(16)18(26)3)19-9-10-21-22(12-19)32-15-31-21/h9-12,17-18,20,23-24H,4-8,13-15H2,1-3H3,(H,27,28)/t17-,18-,23+,24+,26-/m1/s1. The fourth-order valence-electron chi connectivity index (χ4n) is 6.30. The number of fused-ring (bicyclic) bond motifs is 3. The van der Waals surface area contributed by atoms with Gasteiger partial charge in [-0.1, -0.05) is 50.8 Å². The van der Waals surface area contributed by atoms with Gasteiger partial charge >= 0.3 is 6.09 Å². The Morgan fingerprint density at radius 2 is 1.94 bits per heavy atom. The molecule has 0 aromatic heterocycles. The van der Waals surface area contributed by atoms with Crippen molar-refractivity contribution in [2.75, 3.05) is 20.0 Å². The topological polar surface area (TPSA) is 66.0 Å². The third-order valence-electron chi connectivity index (χ3n) is 8.37. The van der Waals surface area contributed by atoms with Crippen LogP contribution in [0.25, 0.3) is 0 Å². The van der Waals surface area contributed by atoms with Crippen LogP contribution in [0, 0.1) is 23.2 Å². The molecule has 0 unspecified atom stereocenters. The number of hydrogen-bond donors (Lipinski definition) is 1. The molecule has 2 fully saturated rings. The highest BCUT2D eigenvalue weighted by atomic mass is 16.7. The number of amides is 1. The first-order valence-corrected chi connectivity index (χ1v) is 12.1. The van der Waals surface area contributed by atoms with Crippen LogP contribution in [0.2, 0.25) is 0 Å². The van der Waals surface area contributed by atoms with Gasteiger partial charge in [-0.15, -0.1) is 0 Å². The summed E-state index contributed by atoms with van der Waals surface area (Å²) in [5.41, 5.74) is 2.23. The highest BCUT2D eigenvalue weighted by molar-refractivity contribution is 5.67. The van der Waals surface area contributed by atoms with Gasteiger partial charge in [0.1, 0.15) is 6.61 Å². The molecule has 1 amide bonds. The summed E-state index contributed by atoms with van der Waals surface area (Å²) in [5.74, 6) is 2.38. The highest BCUT2D eigenvalue weighted by Gasteiger charge is 2.54. The van der Waals surface area contributed by atoms with Crippen LogP contribution in [0.5, 0.6) is 11.5 Å². The van der Waals surface area contributed by atoms with E-state index >= 15 is 0 Å². The second-order valence-electron chi connectivity index (χ2n) is 10.1. The van der Waals surface area contributed by atoms with Crippen LogP contribution in [0.15, 0.2) is 29.8 Å². The molecule has 6 heteroatoms. The number of nitrogens with one attached hydrogen (secondary N) is 1. The monoisotopic (exact) mass is 441 g/mol. The van der Waals surface area contributed by atoms with Crippen molar-refractivity contribution in [3.8, 4) is 11.5 Å². The molecule has 2 heterocycles. The molecule has 0 spiro atoms. The Labute approximate surface area is 190 Å². The van der Waals surface area contributed by atoms with E-state index in [4.69, 9.17) is 18.9 Å². The molecule has 174 valence electrons. The first kappa shape index (κ1) is 21.6.